The van der Waals surface area contributed by atoms with Gasteiger partial charge in [-0.3, -0.25) is 0 Å². The van der Waals surface area contributed by atoms with Gasteiger partial charge in [-0.05, 0) is 17.7 Å². The second kappa shape index (κ2) is 5.72. The van der Waals surface area contributed by atoms with Crippen molar-refractivity contribution in [1.29, 1.82) is 5.26 Å². The monoisotopic (exact) mass is 253 g/mol. The number of hydrogen-bond acceptors (Lipinski definition) is 5. The standard InChI is InChI=1S/C8H6FNO4S.Na/c9-7-2-1-5(3-6(7)4-10)8(11)15(12,13)14;/h1-3,8,11H,(H,12,13,14);/q;+1/p-1. The van der Waals surface area contributed by atoms with Gasteiger partial charge in [0, 0.05) is 0 Å². The third kappa shape index (κ3) is 3.52. The van der Waals surface area contributed by atoms with Crippen molar-refractivity contribution in [3.8, 4) is 6.07 Å². The third-order valence-electron chi connectivity index (χ3n) is 1.67. The number of rotatable bonds is 2. The Morgan fingerprint density at radius 2 is 2.06 bits per heavy atom. The summed E-state index contributed by atoms with van der Waals surface area (Å²) in [4.78, 5) is 0. The van der Waals surface area contributed by atoms with Crippen molar-refractivity contribution in [2.75, 3.05) is 0 Å². The molecular formula is C8H5FNNaO4S. The van der Waals surface area contributed by atoms with Crippen molar-refractivity contribution in [1.82, 2.24) is 0 Å². The minimum Gasteiger partial charge on any atom is -0.746 e. The Hall–Kier alpha value is -0.490. The number of aliphatic hydroxyl groups is 1. The zero-order chi connectivity index (χ0) is 11.6. The fraction of sp³-hybridized carbons (Fsp3) is 0.125. The van der Waals surface area contributed by atoms with E-state index in [1.165, 1.54) is 6.07 Å². The first-order valence-corrected chi connectivity index (χ1v) is 5.15. The molecule has 0 fully saturated rings. The molecule has 1 aromatic carbocycles. The summed E-state index contributed by atoms with van der Waals surface area (Å²) >= 11 is 0. The molecule has 0 spiro atoms. The molecule has 1 N–H and O–H groups in total. The first-order valence-electron chi connectivity index (χ1n) is 3.68. The van der Waals surface area contributed by atoms with E-state index in [1.54, 1.807) is 0 Å². The first kappa shape index (κ1) is 15.5. The van der Waals surface area contributed by atoms with Gasteiger partial charge in [0.25, 0.3) is 0 Å². The van der Waals surface area contributed by atoms with Gasteiger partial charge in [0.2, 0.25) is 0 Å². The summed E-state index contributed by atoms with van der Waals surface area (Å²) in [5.41, 5.74) is -3.05. The van der Waals surface area contributed by atoms with Gasteiger partial charge in [-0.25, -0.2) is 12.8 Å². The number of benzene rings is 1. The maximum absolute atomic E-state index is 12.8. The van der Waals surface area contributed by atoms with E-state index < -0.39 is 26.9 Å². The molecular weight excluding hydrogens is 248 g/mol. The molecule has 1 atom stereocenters. The van der Waals surface area contributed by atoms with Crippen LogP contribution >= 0.6 is 0 Å². The number of hydrogen-bond donors (Lipinski definition) is 1. The van der Waals surface area contributed by atoms with Crippen molar-refractivity contribution >= 4 is 10.1 Å². The molecule has 80 valence electrons. The minimum atomic E-state index is -4.92. The van der Waals surface area contributed by atoms with E-state index in [-0.39, 0.29) is 35.1 Å². The summed E-state index contributed by atoms with van der Waals surface area (Å²) < 4.78 is 44.1. The van der Waals surface area contributed by atoms with E-state index in [9.17, 15) is 17.4 Å². The smallest absolute Gasteiger partial charge is 0.746 e. The second-order valence-electron chi connectivity index (χ2n) is 2.70. The van der Waals surface area contributed by atoms with Crippen LogP contribution in [-0.4, -0.2) is 18.1 Å². The number of aliphatic hydroxyl groups excluding tert-OH is 1. The fourth-order valence-corrected chi connectivity index (χ4v) is 1.43. The molecule has 0 heterocycles. The Balaban J connectivity index is 0.00000225. The summed E-state index contributed by atoms with van der Waals surface area (Å²) in [5, 5.41) is 17.5. The molecule has 1 aromatic rings. The maximum Gasteiger partial charge on any atom is 1.00 e. The van der Waals surface area contributed by atoms with Crippen LogP contribution in [0.4, 0.5) is 4.39 Å². The Labute approximate surface area is 114 Å². The van der Waals surface area contributed by atoms with Gasteiger partial charge in [0.05, 0.1) is 5.56 Å². The molecule has 1 unspecified atom stereocenters. The van der Waals surface area contributed by atoms with E-state index in [0.717, 1.165) is 18.2 Å². The number of nitrogens with zero attached hydrogens (tertiary/aromatic N) is 1. The fourth-order valence-electron chi connectivity index (χ4n) is 0.949. The molecule has 0 amide bonds. The van der Waals surface area contributed by atoms with Gasteiger partial charge in [-0.2, -0.15) is 5.26 Å². The molecule has 8 heteroatoms. The maximum atomic E-state index is 12.8. The van der Waals surface area contributed by atoms with Crippen LogP contribution in [0.1, 0.15) is 16.6 Å². The third-order valence-corrected chi connectivity index (χ3v) is 2.49. The summed E-state index contributed by atoms with van der Waals surface area (Å²) in [6.07, 6.45) is 0. The van der Waals surface area contributed by atoms with Crippen molar-refractivity contribution in [2.45, 2.75) is 5.44 Å². The summed E-state index contributed by atoms with van der Waals surface area (Å²) in [6.45, 7) is 0. The van der Waals surface area contributed by atoms with Crippen LogP contribution in [0.25, 0.3) is 0 Å². The van der Waals surface area contributed by atoms with Crippen molar-refractivity contribution in [2.24, 2.45) is 0 Å². The zero-order valence-corrected chi connectivity index (χ0v) is 11.0. The van der Waals surface area contributed by atoms with Crippen LogP contribution in [0.3, 0.4) is 0 Å². The predicted molar refractivity (Wildman–Crippen MR) is 45.8 cm³/mol. The van der Waals surface area contributed by atoms with Crippen LogP contribution < -0.4 is 29.6 Å². The zero-order valence-electron chi connectivity index (χ0n) is 8.21. The average Bonchev–Trinajstić information content (AvgIpc) is 2.16. The van der Waals surface area contributed by atoms with Crippen molar-refractivity contribution in [3.63, 3.8) is 0 Å². The largest absolute Gasteiger partial charge is 1.00 e. The average molecular weight is 253 g/mol. The van der Waals surface area contributed by atoms with E-state index in [2.05, 4.69) is 0 Å². The van der Waals surface area contributed by atoms with Gasteiger partial charge in [0.15, 0.2) is 5.44 Å². The van der Waals surface area contributed by atoms with Gasteiger partial charge in [-0.1, -0.05) is 6.07 Å². The topological polar surface area (TPSA) is 101 Å². The minimum absolute atomic E-state index is 0. The molecule has 0 saturated carbocycles. The molecule has 0 radical (unpaired) electrons. The summed E-state index contributed by atoms with van der Waals surface area (Å²) in [6, 6.07) is 4.01. The number of halogens is 1. The van der Waals surface area contributed by atoms with Gasteiger partial charge >= 0.3 is 29.6 Å². The Morgan fingerprint density at radius 1 is 1.50 bits per heavy atom. The van der Waals surface area contributed by atoms with Crippen LogP contribution in [0.5, 0.6) is 0 Å². The normalized spacial score (nSPS) is 12.4. The van der Waals surface area contributed by atoms with Crippen molar-refractivity contribution < 1.29 is 52.0 Å². The van der Waals surface area contributed by atoms with Crippen LogP contribution in [0.15, 0.2) is 18.2 Å². The number of nitriles is 1. The SMILES string of the molecule is N#Cc1cc(C(O)S(=O)(=O)[O-])ccc1F.[Na+]. The summed E-state index contributed by atoms with van der Waals surface area (Å²) in [5.74, 6) is -0.850. The van der Waals surface area contributed by atoms with Crippen LogP contribution in [0.2, 0.25) is 0 Å². The van der Waals surface area contributed by atoms with E-state index in [0.29, 0.717) is 0 Å². The van der Waals surface area contributed by atoms with E-state index in [1.807, 2.05) is 0 Å². The Morgan fingerprint density at radius 3 is 2.50 bits per heavy atom. The quantitative estimate of drug-likeness (QED) is 0.454. The van der Waals surface area contributed by atoms with Crippen molar-refractivity contribution in [3.05, 3.63) is 35.1 Å². The molecule has 5 nitrogen and oxygen atoms in total. The molecule has 0 aliphatic carbocycles. The first-order chi connectivity index (χ1) is 6.86. The molecule has 0 aliphatic rings. The molecule has 0 aliphatic heterocycles. The predicted octanol–water partition coefficient (Wildman–Crippen LogP) is -2.76. The Bertz CT molecular complexity index is 525. The van der Waals surface area contributed by atoms with Gasteiger partial charge < -0.3 is 9.66 Å². The summed E-state index contributed by atoms with van der Waals surface area (Å²) in [7, 11) is -4.92. The Kier molecular flexibility index (Phi) is 5.55. The molecule has 16 heavy (non-hydrogen) atoms. The molecule has 0 saturated heterocycles. The van der Waals surface area contributed by atoms with Crippen LogP contribution in [0, 0.1) is 17.1 Å². The molecule has 1 rings (SSSR count). The van der Waals surface area contributed by atoms with E-state index in [4.69, 9.17) is 10.4 Å². The van der Waals surface area contributed by atoms with Gasteiger partial charge in [0.1, 0.15) is 22.0 Å². The molecule has 0 aromatic heterocycles. The van der Waals surface area contributed by atoms with Gasteiger partial charge in [-0.15, -0.1) is 0 Å². The second-order valence-corrected chi connectivity index (χ2v) is 4.13. The molecule has 0 bridgehead atoms. The van der Waals surface area contributed by atoms with E-state index >= 15 is 0 Å². The van der Waals surface area contributed by atoms with Crippen LogP contribution in [-0.2, 0) is 10.1 Å².